The summed E-state index contributed by atoms with van der Waals surface area (Å²) in [7, 11) is 0. The van der Waals surface area contributed by atoms with Crippen LogP contribution in [0.5, 0.6) is 5.75 Å². The van der Waals surface area contributed by atoms with Crippen LogP contribution < -0.4 is 20.7 Å². The molecule has 3 N–H and O–H groups in total. The van der Waals surface area contributed by atoms with Crippen molar-refractivity contribution in [2.45, 2.75) is 32.7 Å². The molecule has 0 atom stereocenters. The normalized spacial score (nSPS) is 13.6. The van der Waals surface area contributed by atoms with E-state index < -0.39 is 6.16 Å². The third-order valence-corrected chi connectivity index (χ3v) is 3.63. The first-order chi connectivity index (χ1) is 10.3. The van der Waals surface area contributed by atoms with E-state index in [9.17, 15) is 4.79 Å². The van der Waals surface area contributed by atoms with Crippen molar-refractivity contribution in [1.29, 1.82) is 0 Å². The van der Waals surface area contributed by atoms with Crippen LogP contribution in [0, 0.1) is 0 Å². The molecule has 0 aliphatic carbocycles. The van der Waals surface area contributed by atoms with Crippen molar-refractivity contribution in [2.75, 3.05) is 30.0 Å². The van der Waals surface area contributed by atoms with E-state index in [2.05, 4.69) is 10.2 Å². The molecule has 0 saturated carbocycles. The highest BCUT2D eigenvalue weighted by Crippen LogP contribution is 2.40. The summed E-state index contributed by atoms with van der Waals surface area (Å²) >= 11 is 6.14. The molecule has 1 aromatic rings. The number of hydrogen-bond donors (Lipinski definition) is 2. The molecule has 0 radical (unpaired) electrons. The van der Waals surface area contributed by atoms with Gasteiger partial charge in [0.25, 0.3) is 0 Å². The van der Waals surface area contributed by atoms with Gasteiger partial charge in [-0.15, -0.1) is 0 Å². The van der Waals surface area contributed by atoms with Crippen LogP contribution in [0.25, 0.3) is 0 Å². The Hall–Kier alpha value is -1.66. The van der Waals surface area contributed by atoms with Gasteiger partial charge in [-0.25, -0.2) is 4.79 Å². The van der Waals surface area contributed by atoms with Crippen LogP contribution in [-0.4, -0.2) is 31.5 Å². The molecule has 122 valence electrons. The molecule has 1 aliphatic heterocycles. The van der Waals surface area contributed by atoms with E-state index in [1.807, 2.05) is 13.8 Å². The highest BCUT2D eigenvalue weighted by molar-refractivity contribution is 6.32. The van der Waals surface area contributed by atoms with Gasteiger partial charge in [-0.2, -0.15) is 0 Å². The quantitative estimate of drug-likeness (QED) is 0.639. The number of fused-ring (bicyclic) bond motifs is 1. The number of nitrogens with one attached hydrogen (secondary N) is 1. The van der Waals surface area contributed by atoms with Gasteiger partial charge in [0.15, 0.2) is 5.75 Å². The van der Waals surface area contributed by atoms with Gasteiger partial charge >= 0.3 is 6.16 Å². The number of nitrogens with two attached hydrogens (primary N) is 1. The molecule has 22 heavy (non-hydrogen) atoms. The number of benzene rings is 1. The van der Waals surface area contributed by atoms with Crippen molar-refractivity contribution >= 4 is 29.1 Å². The number of carbonyl (C=O) groups is 1. The molecule has 1 aliphatic rings. The topological polar surface area (TPSA) is 76.8 Å². The van der Waals surface area contributed by atoms with Gasteiger partial charge in [0.05, 0.1) is 29.7 Å². The number of halogens is 1. The average molecular weight is 328 g/mol. The largest absolute Gasteiger partial charge is 0.513 e. The van der Waals surface area contributed by atoms with Crippen LogP contribution in [0.15, 0.2) is 12.1 Å². The summed E-state index contributed by atoms with van der Waals surface area (Å²) in [5.74, 6) is 0.291. The lowest BCUT2D eigenvalue weighted by atomic mass is 10.0. The average Bonchev–Trinajstić information content (AvgIpc) is 2.78. The lowest BCUT2D eigenvalue weighted by molar-refractivity contribution is 0.104. The van der Waals surface area contributed by atoms with E-state index in [-0.39, 0.29) is 12.1 Å². The predicted octanol–water partition coefficient (Wildman–Crippen LogP) is 3.19. The summed E-state index contributed by atoms with van der Waals surface area (Å²) in [6.45, 7) is 7.42. The first-order valence-electron chi connectivity index (χ1n) is 7.26. The van der Waals surface area contributed by atoms with Crippen molar-refractivity contribution < 1.29 is 14.3 Å². The Morgan fingerprint density at radius 2 is 2.23 bits per heavy atom. The highest BCUT2D eigenvalue weighted by atomic mass is 35.5. The van der Waals surface area contributed by atoms with Gasteiger partial charge in [0.2, 0.25) is 0 Å². The Labute approximate surface area is 135 Å². The second-order valence-electron chi connectivity index (χ2n) is 5.92. The van der Waals surface area contributed by atoms with Crippen LogP contribution >= 0.6 is 11.6 Å². The van der Waals surface area contributed by atoms with Gasteiger partial charge in [0, 0.05) is 18.2 Å². The molecule has 0 spiro atoms. The number of rotatable bonds is 5. The summed E-state index contributed by atoms with van der Waals surface area (Å²) in [4.78, 5) is 13.6. The smallest absolute Gasteiger partial charge is 0.434 e. The maximum Gasteiger partial charge on any atom is 0.513 e. The van der Waals surface area contributed by atoms with E-state index in [0.717, 1.165) is 24.3 Å². The zero-order valence-electron chi connectivity index (χ0n) is 13.1. The summed E-state index contributed by atoms with van der Waals surface area (Å²) in [5.41, 5.74) is 7.65. The second-order valence-corrected chi connectivity index (χ2v) is 6.33. The first kappa shape index (κ1) is 16.7. The Balaban J connectivity index is 2.15. The molecule has 6 nitrogen and oxygen atoms in total. The Bertz CT molecular complexity index is 558. The van der Waals surface area contributed by atoms with E-state index >= 15 is 0 Å². The monoisotopic (exact) mass is 327 g/mol. The SMILES string of the molecule is CCOC(=O)Oc1cc2c(cc1Cl)NCN2CCC(C)(C)N. The van der Waals surface area contributed by atoms with E-state index in [1.54, 1.807) is 19.1 Å². The van der Waals surface area contributed by atoms with E-state index in [4.69, 9.17) is 26.8 Å². The molecule has 0 aromatic heterocycles. The number of hydrogen-bond acceptors (Lipinski definition) is 6. The number of nitrogens with zero attached hydrogens (tertiary/aromatic N) is 1. The van der Waals surface area contributed by atoms with Crippen molar-refractivity contribution in [2.24, 2.45) is 5.73 Å². The van der Waals surface area contributed by atoms with Crippen molar-refractivity contribution in [3.05, 3.63) is 17.2 Å². The molecular weight excluding hydrogens is 306 g/mol. The molecule has 2 rings (SSSR count). The molecular formula is C15H22ClN3O3. The van der Waals surface area contributed by atoms with Crippen LogP contribution in [0.4, 0.5) is 16.2 Å². The van der Waals surface area contributed by atoms with E-state index in [1.165, 1.54) is 0 Å². The van der Waals surface area contributed by atoms with Crippen molar-refractivity contribution in [1.82, 2.24) is 0 Å². The third-order valence-electron chi connectivity index (χ3n) is 3.33. The Morgan fingerprint density at radius 3 is 2.86 bits per heavy atom. The maximum atomic E-state index is 11.5. The molecule has 0 saturated heterocycles. The number of anilines is 2. The highest BCUT2D eigenvalue weighted by Gasteiger charge is 2.23. The van der Waals surface area contributed by atoms with Crippen molar-refractivity contribution in [3.63, 3.8) is 0 Å². The van der Waals surface area contributed by atoms with E-state index in [0.29, 0.717) is 17.4 Å². The van der Waals surface area contributed by atoms with Gasteiger partial charge in [-0.3, -0.25) is 0 Å². The fraction of sp³-hybridized carbons (Fsp3) is 0.533. The minimum absolute atomic E-state index is 0.237. The predicted molar refractivity (Wildman–Crippen MR) is 87.8 cm³/mol. The molecule has 1 heterocycles. The van der Waals surface area contributed by atoms with Crippen LogP contribution in [0.3, 0.4) is 0 Å². The fourth-order valence-electron chi connectivity index (χ4n) is 2.15. The molecule has 1 aromatic carbocycles. The number of ether oxygens (including phenoxy) is 2. The van der Waals surface area contributed by atoms with Crippen molar-refractivity contribution in [3.8, 4) is 5.75 Å². The minimum Gasteiger partial charge on any atom is -0.434 e. The minimum atomic E-state index is -0.759. The summed E-state index contributed by atoms with van der Waals surface area (Å²) in [6.07, 6.45) is 0.0788. The van der Waals surface area contributed by atoms with Crippen LogP contribution in [0.2, 0.25) is 5.02 Å². The first-order valence-corrected chi connectivity index (χ1v) is 7.64. The van der Waals surface area contributed by atoms with Crippen LogP contribution in [0.1, 0.15) is 27.2 Å². The lowest BCUT2D eigenvalue weighted by Gasteiger charge is -2.24. The fourth-order valence-corrected chi connectivity index (χ4v) is 2.35. The Morgan fingerprint density at radius 1 is 1.50 bits per heavy atom. The second kappa shape index (κ2) is 6.62. The molecule has 0 fully saturated rings. The van der Waals surface area contributed by atoms with Gasteiger partial charge < -0.3 is 25.4 Å². The summed E-state index contributed by atoms with van der Waals surface area (Å²) in [5, 5.41) is 3.62. The molecule has 0 amide bonds. The molecule has 0 bridgehead atoms. The zero-order valence-corrected chi connectivity index (χ0v) is 13.9. The maximum absolute atomic E-state index is 11.5. The standard InChI is InChI=1S/C15H22ClN3O3/c1-4-21-14(20)22-13-8-12-11(7-10(13)16)18-9-19(12)6-5-15(2,3)17/h7-8,18H,4-6,9,17H2,1-3H3. The zero-order chi connectivity index (χ0) is 16.3. The lowest BCUT2D eigenvalue weighted by Crippen LogP contribution is -2.37. The molecule has 7 heteroatoms. The Kier molecular flexibility index (Phi) is 5.03. The molecule has 0 unspecified atom stereocenters. The van der Waals surface area contributed by atoms with Gasteiger partial charge in [-0.05, 0) is 33.3 Å². The summed E-state index contributed by atoms with van der Waals surface area (Å²) in [6, 6.07) is 3.50. The third kappa shape index (κ3) is 4.18. The van der Waals surface area contributed by atoms with Gasteiger partial charge in [0.1, 0.15) is 0 Å². The summed E-state index contributed by atoms with van der Waals surface area (Å²) < 4.78 is 9.91. The van der Waals surface area contributed by atoms with Crippen LogP contribution in [-0.2, 0) is 4.74 Å². The number of carbonyl (C=O) groups excluding carboxylic acids is 1. The van der Waals surface area contributed by atoms with Gasteiger partial charge in [-0.1, -0.05) is 11.6 Å².